The molecule has 0 radical (unpaired) electrons. The van der Waals surface area contributed by atoms with Crippen LogP contribution in [0.15, 0.2) is 370 Å². The van der Waals surface area contributed by atoms with Crippen molar-refractivity contribution in [2.75, 3.05) is 19.6 Å². The van der Waals surface area contributed by atoms with Crippen LogP contribution in [-0.4, -0.2) is 0 Å². The van der Waals surface area contributed by atoms with Gasteiger partial charge in [0, 0.05) is 68.3 Å². The molecular weight excluding hydrogens is 1090 g/mol. The van der Waals surface area contributed by atoms with Gasteiger partial charge in [-0.05, 0) is 218 Å². The summed E-state index contributed by atoms with van der Waals surface area (Å²) in [7, 11) is 0. The summed E-state index contributed by atoms with van der Waals surface area (Å²) in [5.74, 6) is 0. The molecule has 90 heavy (non-hydrogen) atoms. The minimum Gasteiger partial charge on any atom is -0.311 e. The normalized spacial score (nSPS) is 11.9. The van der Waals surface area contributed by atoms with Crippen molar-refractivity contribution in [1.82, 2.24) is 0 Å². The van der Waals surface area contributed by atoms with E-state index in [9.17, 15) is 0 Å². The Hall–Kier alpha value is -11.7. The number of hydrogen-bond donors (Lipinski definition) is 0. The van der Waals surface area contributed by atoms with Crippen molar-refractivity contribution in [2.45, 2.75) is 12.8 Å². The molecule has 4 heteroatoms. The van der Waals surface area contributed by atoms with Gasteiger partial charge in [0.2, 0.25) is 0 Å². The van der Waals surface area contributed by atoms with Gasteiger partial charge < -0.3 is 19.6 Å². The van der Waals surface area contributed by atoms with Crippen molar-refractivity contribution in [3.8, 4) is 44.5 Å². The first-order valence-electron chi connectivity index (χ1n) is 31.0. The van der Waals surface area contributed by atoms with Crippen LogP contribution in [0.4, 0.5) is 62.6 Å². The van der Waals surface area contributed by atoms with Gasteiger partial charge in [-0.1, -0.05) is 224 Å². The van der Waals surface area contributed by atoms with Crippen molar-refractivity contribution < 1.29 is 0 Å². The highest BCUT2D eigenvalue weighted by molar-refractivity contribution is 6.23. The minimum absolute atomic E-state index is 0.988. The van der Waals surface area contributed by atoms with Gasteiger partial charge in [0.15, 0.2) is 0 Å². The highest BCUT2D eigenvalue weighted by atomic mass is 15.2. The molecule has 0 spiro atoms. The molecule has 0 saturated carbocycles. The fraction of sp³-hybridized carbons (Fsp3) is 0.0233. The minimum atomic E-state index is 0.988. The number of hydrogen-bond acceptors (Lipinski definition) is 4. The summed E-state index contributed by atoms with van der Waals surface area (Å²) in [6.45, 7) is 0. The summed E-state index contributed by atoms with van der Waals surface area (Å²) < 4.78 is 0. The fourth-order valence-electron chi connectivity index (χ4n) is 13.0. The zero-order valence-corrected chi connectivity index (χ0v) is 49.8. The molecule has 14 aromatic carbocycles. The third-order valence-electron chi connectivity index (χ3n) is 17.2. The summed E-state index contributed by atoms with van der Waals surface area (Å²) in [5.41, 5.74) is 22.5. The maximum Gasteiger partial charge on any atom is 0.0468 e. The van der Waals surface area contributed by atoms with Crippen LogP contribution in [0.1, 0.15) is 12.8 Å². The lowest BCUT2D eigenvalue weighted by molar-refractivity contribution is 0.997. The zero-order valence-electron chi connectivity index (χ0n) is 49.8. The van der Waals surface area contributed by atoms with Crippen LogP contribution in [0.5, 0.6) is 0 Å². The molecule has 0 aromatic heterocycles. The predicted molar refractivity (Wildman–Crippen MR) is 382 cm³/mol. The van der Waals surface area contributed by atoms with Crippen molar-refractivity contribution in [1.29, 1.82) is 0 Å². The van der Waals surface area contributed by atoms with E-state index in [0.717, 1.165) is 114 Å². The lowest BCUT2D eigenvalue weighted by Crippen LogP contribution is -2.16. The van der Waals surface area contributed by atoms with E-state index in [4.69, 9.17) is 0 Å². The molecule has 4 nitrogen and oxygen atoms in total. The van der Waals surface area contributed by atoms with E-state index in [2.05, 4.69) is 384 Å². The predicted octanol–water partition coefficient (Wildman–Crippen LogP) is 24.4. The second kappa shape index (κ2) is 24.9. The number of benzene rings is 14. The first-order chi connectivity index (χ1) is 44.7. The molecule has 0 fully saturated rings. The molecule has 0 unspecified atom stereocenters. The standard InChI is InChI=1S/C86H64N4/c1-9-25-69(26-10-1)87(70-27-11-2-12-28-70)77-53-49-65(50-54-77)63-41-45-67(46-42-63)85-81-59-57-80(90(75-37-21-7-22-38-75)76-39-23-8-24-40-76)62-84(81)86(82-60-58-79(61-83(82)85)89(73-33-17-5-18-34-73)74-35-19-6-20-36-74)68-47-43-64(44-48-68)66-51-55-78(56-52-66)88(71-29-13-3-14-30-71)72-31-15-4-16-32-72/h1-7,9-23,25-62H,8,24H2. The SMILES string of the molecule is C1=CC(N(c2ccccc2)c2ccc3c(-c4ccc(-c5ccc(N(c6ccccc6)c6ccccc6)cc5)cc4)c4cc(N(c5ccccc5)c5ccccc5)ccc4c(-c4ccc(-c5ccc(N(c6ccccc6)c6ccccc6)cc5)cc4)c3c2)=CCC1. The third-order valence-corrected chi connectivity index (χ3v) is 17.2. The number of para-hydroxylation sites is 7. The van der Waals surface area contributed by atoms with Gasteiger partial charge in [-0.3, -0.25) is 0 Å². The van der Waals surface area contributed by atoms with Crippen LogP contribution in [0.3, 0.4) is 0 Å². The van der Waals surface area contributed by atoms with Crippen molar-refractivity contribution in [3.05, 3.63) is 370 Å². The second-order valence-corrected chi connectivity index (χ2v) is 22.8. The topological polar surface area (TPSA) is 13.0 Å². The van der Waals surface area contributed by atoms with Gasteiger partial charge in [0.25, 0.3) is 0 Å². The molecule has 428 valence electrons. The van der Waals surface area contributed by atoms with Crippen molar-refractivity contribution >= 4 is 84.1 Å². The molecule has 14 aromatic rings. The summed E-state index contributed by atoms with van der Waals surface area (Å²) in [6, 6.07) is 125. The van der Waals surface area contributed by atoms with E-state index in [0.29, 0.717) is 0 Å². The summed E-state index contributed by atoms with van der Waals surface area (Å²) in [4.78, 5) is 9.42. The number of fused-ring (bicyclic) bond motifs is 2. The van der Waals surface area contributed by atoms with Gasteiger partial charge in [-0.25, -0.2) is 0 Å². The monoisotopic (exact) mass is 1150 g/mol. The average molecular weight is 1150 g/mol. The van der Waals surface area contributed by atoms with Crippen LogP contribution in [0.2, 0.25) is 0 Å². The molecule has 0 aliphatic heterocycles. The van der Waals surface area contributed by atoms with Crippen LogP contribution in [0.25, 0.3) is 66.1 Å². The third kappa shape index (κ3) is 11.0. The maximum atomic E-state index is 2.44. The van der Waals surface area contributed by atoms with Crippen LogP contribution < -0.4 is 19.6 Å². The second-order valence-electron chi connectivity index (χ2n) is 22.8. The van der Waals surface area contributed by atoms with Gasteiger partial charge >= 0.3 is 0 Å². The van der Waals surface area contributed by atoms with E-state index in [1.165, 1.54) is 33.0 Å². The largest absolute Gasteiger partial charge is 0.311 e. The van der Waals surface area contributed by atoms with Crippen LogP contribution >= 0.6 is 0 Å². The molecule has 15 rings (SSSR count). The Labute approximate surface area is 527 Å². The van der Waals surface area contributed by atoms with Crippen LogP contribution in [-0.2, 0) is 0 Å². The summed E-state index contributed by atoms with van der Waals surface area (Å²) >= 11 is 0. The van der Waals surface area contributed by atoms with Gasteiger partial charge in [-0.2, -0.15) is 0 Å². The maximum absolute atomic E-state index is 2.44. The summed E-state index contributed by atoms with van der Waals surface area (Å²) in [6.07, 6.45) is 8.98. The molecule has 1 aliphatic rings. The fourth-order valence-corrected chi connectivity index (χ4v) is 13.0. The Morgan fingerprint density at radius 1 is 0.189 bits per heavy atom. The molecule has 0 saturated heterocycles. The number of nitrogens with zero attached hydrogens (tertiary/aromatic N) is 4. The number of rotatable bonds is 16. The van der Waals surface area contributed by atoms with E-state index in [1.807, 2.05) is 0 Å². The van der Waals surface area contributed by atoms with Gasteiger partial charge in [0.1, 0.15) is 0 Å². The Balaban J connectivity index is 0.903. The summed E-state index contributed by atoms with van der Waals surface area (Å²) in [5, 5.41) is 4.68. The molecule has 1 aliphatic carbocycles. The quantitative estimate of drug-likeness (QED) is 0.0894. The smallest absolute Gasteiger partial charge is 0.0468 e. The van der Waals surface area contributed by atoms with Crippen molar-refractivity contribution in [2.24, 2.45) is 0 Å². The van der Waals surface area contributed by atoms with E-state index < -0.39 is 0 Å². The van der Waals surface area contributed by atoms with Crippen molar-refractivity contribution in [3.63, 3.8) is 0 Å². The Bertz CT molecular complexity index is 4690. The Kier molecular flexibility index (Phi) is 15.2. The lowest BCUT2D eigenvalue weighted by Gasteiger charge is -2.29. The first-order valence-corrected chi connectivity index (χ1v) is 31.0. The molecule has 0 atom stereocenters. The van der Waals surface area contributed by atoms with Gasteiger partial charge in [0.05, 0.1) is 0 Å². The van der Waals surface area contributed by atoms with E-state index in [1.54, 1.807) is 0 Å². The number of allylic oxidation sites excluding steroid dienone is 3. The molecule has 0 heterocycles. The first kappa shape index (κ1) is 54.9. The molecule has 0 bridgehead atoms. The Morgan fingerprint density at radius 2 is 0.433 bits per heavy atom. The van der Waals surface area contributed by atoms with E-state index >= 15 is 0 Å². The molecule has 0 N–H and O–H groups in total. The highest BCUT2D eigenvalue weighted by Gasteiger charge is 2.24. The Morgan fingerprint density at radius 3 is 0.733 bits per heavy atom. The van der Waals surface area contributed by atoms with Gasteiger partial charge in [-0.15, -0.1) is 0 Å². The molecule has 0 amide bonds. The number of anilines is 11. The van der Waals surface area contributed by atoms with Crippen LogP contribution in [0, 0.1) is 0 Å². The lowest BCUT2D eigenvalue weighted by atomic mass is 9.84. The zero-order chi connectivity index (χ0) is 60.0. The molecular formula is C86H64N4. The average Bonchev–Trinajstić information content (AvgIpc) is 0.773. The highest BCUT2D eigenvalue weighted by Crippen LogP contribution is 2.49. The van der Waals surface area contributed by atoms with E-state index in [-0.39, 0.29) is 0 Å².